The van der Waals surface area contributed by atoms with Crippen molar-refractivity contribution < 1.29 is 9.90 Å². The average Bonchev–Trinajstić information content (AvgIpc) is 2.79. The number of H-pyrrole nitrogens is 1. The molecule has 0 aliphatic heterocycles. The molecule has 3 N–H and O–H groups in total. The van der Waals surface area contributed by atoms with Gasteiger partial charge in [0.05, 0.1) is 9.77 Å². The fraction of sp³-hybridized carbons (Fsp3) is 0.167. The molecular formula is C12H12IN3O2. The Hall–Kier alpha value is -1.57. The van der Waals surface area contributed by atoms with Crippen molar-refractivity contribution in [3.63, 3.8) is 0 Å². The molecule has 0 unspecified atom stereocenters. The van der Waals surface area contributed by atoms with E-state index in [0.717, 1.165) is 12.0 Å². The van der Waals surface area contributed by atoms with Crippen LogP contribution in [0.15, 0.2) is 24.4 Å². The number of carbonyl (C=O) groups is 1. The zero-order chi connectivity index (χ0) is 13.1. The monoisotopic (exact) mass is 357 g/mol. The van der Waals surface area contributed by atoms with E-state index in [-0.39, 0.29) is 11.7 Å². The second-order valence-electron chi connectivity index (χ2n) is 3.74. The van der Waals surface area contributed by atoms with Crippen molar-refractivity contribution in [3.8, 4) is 5.75 Å². The number of phenols is 1. The van der Waals surface area contributed by atoms with Crippen LogP contribution in [0.1, 0.15) is 22.8 Å². The van der Waals surface area contributed by atoms with Crippen molar-refractivity contribution in [1.82, 2.24) is 10.2 Å². The molecule has 18 heavy (non-hydrogen) atoms. The molecule has 0 bridgehead atoms. The second kappa shape index (κ2) is 5.38. The van der Waals surface area contributed by atoms with E-state index in [0.29, 0.717) is 15.0 Å². The molecule has 0 saturated heterocycles. The Bertz CT molecular complexity index is 580. The Labute approximate surface area is 118 Å². The molecule has 0 saturated carbocycles. The molecule has 0 radical (unpaired) electrons. The maximum atomic E-state index is 12.0. The highest BCUT2D eigenvalue weighted by Crippen LogP contribution is 2.21. The highest BCUT2D eigenvalue weighted by atomic mass is 127. The number of nitrogens with one attached hydrogen (secondary N) is 2. The molecule has 1 aromatic heterocycles. The summed E-state index contributed by atoms with van der Waals surface area (Å²) in [5, 5.41) is 18.9. The van der Waals surface area contributed by atoms with Crippen LogP contribution in [0.2, 0.25) is 0 Å². The zero-order valence-corrected chi connectivity index (χ0v) is 11.9. The lowest BCUT2D eigenvalue weighted by atomic mass is 10.2. The summed E-state index contributed by atoms with van der Waals surface area (Å²) >= 11 is 2.00. The quantitative estimate of drug-likeness (QED) is 0.739. The molecule has 0 aliphatic carbocycles. The van der Waals surface area contributed by atoms with Crippen LogP contribution in [0.5, 0.6) is 5.75 Å². The molecule has 0 spiro atoms. The third-order valence-corrected chi connectivity index (χ3v) is 3.46. The number of phenolic OH excluding ortho intramolecular Hbond substituents is 1. The first kappa shape index (κ1) is 12.9. The van der Waals surface area contributed by atoms with Crippen molar-refractivity contribution in [3.05, 3.63) is 39.1 Å². The summed E-state index contributed by atoms with van der Waals surface area (Å²) in [5.74, 6) is 0.421. The van der Waals surface area contributed by atoms with Crippen LogP contribution in [0, 0.1) is 3.57 Å². The first-order chi connectivity index (χ1) is 8.61. The standard InChI is InChI=1S/C12H12IN3O2/c1-2-7-6-14-16-11(7)15-12(18)8-3-4-9(13)10(17)5-8/h3-6,17H,2H2,1H3,(H2,14,15,16,18). The number of aromatic nitrogens is 2. The van der Waals surface area contributed by atoms with Gasteiger partial charge in [-0.15, -0.1) is 0 Å². The summed E-state index contributed by atoms with van der Waals surface area (Å²) < 4.78 is 0.708. The minimum atomic E-state index is -0.277. The van der Waals surface area contributed by atoms with E-state index < -0.39 is 0 Å². The maximum absolute atomic E-state index is 12.0. The van der Waals surface area contributed by atoms with Gasteiger partial charge in [-0.1, -0.05) is 6.92 Å². The van der Waals surface area contributed by atoms with E-state index in [4.69, 9.17) is 0 Å². The summed E-state index contributed by atoms with van der Waals surface area (Å²) in [6.07, 6.45) is 2.46. The number of halogens is 1. The predicted molar refractivity (Wildman–Crippen MR) is 76.7 cm³/mol. The summed E-state index contributed by atoms with van der Waals surface area (Å²) in [7, 11) is 0. The van der Waals surface area contributed by atoms with Gasteiger partial charge < -0.3 is 10.4 Å². The van der Waals surface area contributed by atoms with Crippen LogP contribution in [0.3, 0.4) is 0 Å². The van der Waals surface area contributed by atoms with Gasteiger partial charge in [-0.3, -0.25) is 9.89 Å². The van der Waals surface area contributed by atoms with Gasteiger partial charge in [0.2, 0.25) is 0 Å². The number of aryl methyl sites for hydroxylation is 1. The number of rotatable bonds is 3. The number of benzene rings is 1. The first-order valence-corrected chi connectivity index (χ1v) is 6.51. The zero-order valence-electron chi connectivity index (χ0n) is 9.70. The lowest BCUT2D eigenvalue weighted by molar-refractivity contribution is 0.102. The number of hydrogen-bond acceptors (Lipinski definition) is 3. The Morgan fingerprint density at radius 2 is 2.33 bits per heavy atom. The van der Waals surface area contributed by atoms with E-state index >= 15 is 0 Å². The van der Waals surface area contributed by atoms with Crippen molar-refractivity contribution in [2.75, 3.05) is 5.32 Å². The van der Waals surface area contributed by atoms with Gasteiger partial charge in [0, 0.05) is 11.1 Å². The molecule has 0 fully saturated rings. The Kier molecular flexibility index (Phi) is 3.85. The molecule has 5 nitrogen and oxygen atoms in total. The topological polar surface area (TPSA) is 78.0 Å². The van der Waals surface area contributed by atoms with E-state index in [2.05, 4.69) is 15.5 Å². The molecule has 94 valence electrons. The van der Waals surface area contributed by atoms with E-state index in [1.54, 1.807) is 18.3 Å². The lowest BCUT2D eigenvalue weighted by Gasteiger charge is -2.05. The fourth-order valence-corrected chi connectivity index (χ4v) is 1.86. The summed E-state index contributed by atoms with van der Waals surface area (Å²) in [6, 6.07) is 4.80. The smallest absolute Gasteiger partial charge is 0.256 e. The minimum Gasteiger partial charge on any atom is -0.507 e. The third-order valence-electron chi connectivity index (χ3n) is 2.55. The third kappa shape index (κ3) is 2.63. The molecule has 1 heterocycles. The van der Waals surface area contributed by atoms with Crippen LogP contribution >= 0.6 is 22.6 Å². The Balaban J connectivity index is 2.19. The number of carbonyl (C=O) groups excluding carboxylic acids is 1. The Morgan fingerprint density at radius 1 is 1.56 bits per heavy atom. The molecule has 6 heteroatoms. The number of amides is 1. The number of aromatic amines is 1. The average molecular weight is 357 g/mol. The van der Waals surface area contributed by atoms with Gasteiger partial charge in [-0.05, 0) is 47.2 Å². The molecule has 2 aromatic rings. The van der Waals surface area contributed by atoms with Gasteiger partial charge >= 0.3 is 0 Å². The number of anilines is 1. The van der Waals surface area contributed by atoms with Crippen molar-refractivity contribution in [1.29, 1.82) is 0 Å². The summed E-state index contributed by atoms with van der Waals surface area (Å²) in [5.41, 5.74) is 1.35. The molecule has 0 atom stereocenters. The molecule has 0 aliphatic rings. The lowest BCUT2D eigenvalue weighted by Crippen LogP contribution is -2.13. The van der Waals surface area contributed by atoms with Crippen molar-refractivity contribution in [2.45, 2.75) is 13.3 Å². The SMILES string of the molecule is CCc1cn[nH]c1NC(=O)c1ccc(I)c(O)c1. The maximum Gasteiger partial charge on any atom is 0.256 e. The molecule has 1 aromatic carbocycles. The van der Waals surface area contributed by atoms with Gasteiger partial charge in [0.25, 0.3) is 5.91 Å². The minimum absolute atomic E-state index is 0.101. The number of nitrogens with zero attached hydrogens (tertiary/aromatic N) is 1. The van der Waals surface area contributed by atoms with Crippen LogP contribution in [0.25, 0.3) is 0 Å². The van der Waals surface area contributed by atoms with E-state index in [1.165, 1.54) is 6.07 Å². The first-order valence-electron chi connectivity index (χ1n) is 5.44. The molecular weight excluding hydrogens is 345 g/mol. The number of hydrogen-bond donors (Lipinski definition) is 3. The highest BCUT2D eigenvalue weighted by molar-refractivity contribution is 14.1. The van der Waals surface area contributed by atoms with Gasteiger partial charge in [0.15, 0.2) is 0 Å². The van der Waals surface area contributed by atoms with Crippen molar-refractivity contribution >= 4 is 34.3 Å². The highest BCUT2D eigenvalue weighted by Gasteiger charge is 2.11. The fourth-order valence-electron chi connectivity index (χ4n) is 1.53. The van der Waals surface area contributed by atoms with E-state index in [9.17, 15) is 9.90 Å². The Morgan fingerprint density at radius 3 is 3.00 bits per heavy atom. The summed E-state index contributed by atoms with van der Waals surface area (Å²) in [4.78, 5) is 12.0. The molecule has 1 amide bonds. The normalized spacial score (nSPS) is 10.3. The number of aromatic hydroxyl groups is 1. The molecule has 2 rings (SSSR count). The van der Waals surface area contributed by atoms with Crippen LogP contribution in [-0.2, 0) is 6.42 Å². The van der Waals surface area contributed by atoms with Crippen LogP contribution in [0.4, 0.5) is 5.82 Å². The van der Waals surface area contributed by atoms with Crippen LogP contribution in [-0.4, -0.2) is 21.2 Å². The van der Waals surface area contributed by atoms with Gasteiger partial charge in [0.1, 0.15) is 11.6 Å². The van der Waals surface area contributed by atoms with Crippen LogP contribution < -0.4 is 5.32 Å². The largest absolute Gasteiger partial charge is 0.507 e. The van der Waals surface area contributed by atoms with Gasteiger partial charge in [-0.2, -0.15) is 5.10 Å². The van der Waals surface area contributed by atoms with E-state index in [1.807, 2.05) is 29.5 Å². The summed E-state index contributed by atoms with van der Waals surface area (Å²) in [6.45, 7) is 1.98. The predicted octanol–water partition coefficient (Wildman–Crippen LogP) is 2.53. The second-order valence-corrected chi connectivity index (χ2v) is 4.91. The van der Waals surface area contributed by atoms with Gasteiger partial charge in [-0.25, -0.2) is 0 Å². The van der Waals surface area contributed by atoms with Crippen molar-refractivity contribution in [2.24, 2.45) is 0 Å².